The van der Waals surface area contributed by atoms with Gasteiger partial charge in [-0.25, -0.2) is 8.42 Å². The van der Waals surface area contributed by atoms with Gasteiger partial charge in [0.15, 0.2) is 14.3 Å². The Labute approximate surface area is 542 Å². The summed E-state index contributed by atoms with van der Waals surface area (Å²) in [4.78, 5) is 51.0. The standard InChI is InChI=1S/C20H29F3O7S.C18H13S.C13H24O2.C12H23NO2.C10H14O/c1-4-17(2,3)15(24)30-19-8-12-5-13(9-19)7-18(6-12,11-19)16(25)29-14(20(21,22)23)10-31(26,27)28;1-2-8-14(9-3-1)19-17-12-6-4-10-15(17)16-11-5-7-13-18(16)19;1-5-12(3,4)11(14)15-13(6-2)9-7-8-10-13;1-5-11(2,3)10(14)15-12(4)7-6-8-13-9-12;1-3-8(2)9-4-6-10(11)7-5-9/h12-14H,4-11H2,1-3H3,(H,26,27,28);1-13H;5-10H2,1-4H3;13H,5-9H2,1-4H3;4-8,11H,3H2,1-2H3/q;+1;;;/p-1. The maximum atomic E-state index is 13.3. The number of aromatic hydroxyl groups is 1. The Morgan fingerprint density at radius 2 is 1.15 bits per heavy atom. The number of phenolic OH excluding ortho intramolecular Hbond substituents is 1. The first-order valence-electron chi connectivity index (χ1n) is 32.9. The first-order valence-corrected chi connectivity index (χ1v) is 35.7. The molecule has 1 saturated heterocycles. The van der Waals surface area contributed by atoms with Gasteiger partial charge < -0.3 is 33.9 Å². The Bertz CT molecular complexity index is 3260. The van der Waals surface area contributed by atoms with Crippen LogP contribution < -0.4 is 5.32 Å². The number of hydrogen-bond acceptors (Lipinski definition) is 13. The third kappa shape index (κ3) is 19.5. The Kier molecular flexibility index (Phi) is 25.1. The molecule has 0 radical (unpaired) electrons. The number of phenols is 1. The van der Waals surface area contributed by atoms with Gasteiger partial charge in [-0.2, -0.15) is 13.2 Å². The van der Waals surface area contributed by atoms with E-state index in [4.69, 9.17) is 19.3 Å². The Morgan fingerprint density at radius 3 is 1.60 bits per heavy atom. The number of esters is 4. The lowest BCUT2D eigenvalue weighted by Crippen LogP contribution is -2.61. The highest BCUT2D eigenvalue weighted by molar-refractivity contribution is 7.85. The van der Waals surface area contributed by atoms with E-state index in [-0.39, 0.29) is 62.7 Å². The van der Waals surface area contributed by atoms with Crippen LogP contribution in [0, 0.1) is 33.5 Å². The molecule has 6 fully saturated rings. The smallest absolute Gasteiger partial charge is 0.426 e. The maximum Gasteiger partial charge on any atom is 0.426 e. The highest BCUT2D eigenvalue weighted by Crippen LogP contribution is 2.64. The van der Waals surface area contributed by atoms with Crippen molar-refractivity contribution < 1.29 is 69.4 Å². The second-order valence-electron chi connectivity index (χ2n) is 28.5. The van der Waals surface area contributed by atoms with Crippen molar-refractivity contribution in [2.45, 2.75) is 234 Å². The number of carbonyl (C=O) groups is 4. The van der Waals surface area contributed by atoms with Crippen LogP contribution in [0.2, 0.25) is 0 Å². The van der Waals surface area contributed by atoms with Crippen molar-refractivity contribution in [1.82, 2.24) is 5.32 Å². The lowest BCUT2D eigenvalue weighted by molar-refractivity contribution is -0.239. The van der Waals surface area contributed by atoms with Gasteiger partial charge in [-0.1, -0.05) is 96.1 Å². The van der Waals surface area contributed by atoms with Gasteiger partial charge in [0.1, 0.15) is 22.6 Å². The van der Waals surface area contributed by atoms with Gasteiger partial charge >= 0.3 is 30.1 Å². The number of rotatable bonds is 17. The van der Waals surface area contributed by atoms with Crippen molar-refractivity contribution in [3.05, 3.63) is 109 Å². The first kappa shape index (κ1) is 74.5. The summed E-state index contributed by atoms with van der Waals surface area (Å²) in [6.07, 6.45) is 5.16. The van der Waals surface area contributed by atoms with Crippen molar-refractivity contribution in [2.24, 2.45) is 33.5 Å². The fraction of sp³-hybridized carbons (Fsp3) is 0.616. The summed E-state index contributed by atoms with van der Waals surface area (Å²) in [6.45, 7) is 27.5. The van der Waals surface area contributed by atoms with E-state index in [9.17, 15) is 45.3 Å². The molecule has 5 unspecified atom stereocenters. The van der Waals surface area contributed by atoms with Gasteiger partial charge in [0.2, 0.25) is 6.10 Å². The number of alkyl halides is 3. The molecule has 0 amide bonds. The molecule has 13 nitrogen and oxygen atoms in total. The molecule has 0 spiro atoms. The second kappa shape index (κ2) is 30.7. The number of thiophene rings is 1. The van der Waals surface area contributed by atoms with Crippen LogP contribution in [-0.2, 0) is 48.2 Å². The molecule has 4 aromatic carbocycles. The molecule has 5 aliphatic carbocycles. The molecular formula is C73H102F3NO12S2. The lowest BCUT2D eigenvalue weighted by Gasteiger charge is -2.60. The molecule has 504 valence electrons. The molecule has 2 N–H and O–H groups in total. The molecule has 5 atom stereocenters. The molecular weight excluding hydrogens is 1200 g/mol. The fourth-order valence-electron chi connectivity index (χ4n) is 13.0. The lowest BCUT2D eigenvalue weighted by atomic mass is 9.48. The van der Waals surface area contributed by atoms with Crippen molar-refractivity contribution in [2.75, 3.05) is 18.8 Å². The van der Waals surface area contributed by atoms with Crippen molar-refractivity contribution in [3.63, 3.8) is 0 Å². The van der Waals surface area contributed by atoms with Gasteiger partial charge in [0.25, 0.3) is 0 Å². The monoisotopic (exact) mass is 1310 g/mol. The molecule has 11 rings (SSSR count). The van der Waals surface area contributed by atoms with E-state index >= 15 is 0 Å². The molecule has 6 aliphatic rings. The van der Waals surface area contributed by atoms with E-state index in [2.05, 4.69) is 110 Å². The number of fused-ring (bicyclic) bond motifs is 3. The topological polar surface area (TPSA) is 195 Å². The zero-order valence-corrected chi connectivity index (χ0v) is 57.8. The van der Waals surface area contributed by atoms with Gasteiger partial charge in [-0.05, 0) is 230 Å². The zero-order valence-electron chi connectivity index (χ0n) is 56.2. The summed E-state index contributed by atoms with van der Waals surface area (Å²) in [5.41, 5.74) is -2.79. The van der Waals surface area contributed by atoms with Crippen molar-refractivity contribution >= 4 is 64.6 Å². The Balaban J connectivity index is 0.000000190. The van der Waals surface area contributed by atoms with Crippen molar-refractivity contribution in [1.29, 1.82) is 0 Å². The number of benzene rings is 4. The fourth-order valence-corrected chi connectivity index (χ4v) is 16.0. The maximum absolute atomic E-state index is 13.3. The van der Waals surface area contributed by atoms with Crippen LogP contribution in [0.5, 0.6) is 5.75 Å². The second-order valence-corrected chi connectivity index (χ2v) is 31.9. The van der Waals surface area contributed by atoms with E-state index in [0.717, 1.165) is 70.9 Å². The minimum absolute atomic E-state index is 0.00100. The van der Waals surface area contributed by atoms with E-state index in [1.165, 1.54) is 43.5 Å². The quantitative estimate of drug-likeness (QED) is 0.0387. The minimum atomic E-state index is -5.27. The Morgan fingerprint density at radius 1 is 0.670 bits per heavy atom. The summed E-state index contributed by atoms with van der Waals surface area (Å²) < 4.78 is 97.3. The van der Waals surface area contributed by atoms with Crippen LogP contribution in [0.4, 0.5) is 13.2 Å². The minimum Gasteiger partial charge on any atom is -0.748 e. The van der Waals surface area contributed by atoms with Gasteiger partial charge in [0, 0.05) is 34.2 Å². The SMILES string of the molecule is CCC(C)(C)C(=O)OC1(C)CCCNC1.CCC(C)(C)C(=O)OC12CC3CC(C1)CC(C(=O)OC(CS(=O)(=O)[O-])C(F)(F)F)(C3)C2.CCC(C)c1ccc(O)cc1.CCC1(OC(=O)C(C)(C)CC)CCCC1.c1ccc(-[s+]2c3ccccc3c3ccccc32)cc1. The molecule has 1 aromatic heterocycles. The molecule has 4 bridgehead atoms. The predicted octanol–water partition coefficient (Wildman–Crippen LogP) is 17.8. The van der Waals surface area contributed by atoms with Crippen LogP contribution >= 0.6 is 10.5 Å². The highest BCUT2D eigenvalue weighted by Gasteiger charge is 2.64. The van der Waals surface area contributed by atoms with Gasteiger partial charge in [-0.15, -0.1) is 0 Å². The Hall–Kier alpha value is -5.56. The van der Waals surface area contributed by atoms with E-state index < -0.39 is 56.5 Å². The molecule has 1 aliphatic heterocycles. The molecule has 91 heavy (non-hydrogen) atoms. The third-order valence-corrected chi connectivity index (χ3v) is 23.0. The predicted molar refractivity (Wildman–Crippen MR) is 355 cm³/mol. The molecule has 5 aromatic rings. The largest absolute Gasteiger partial charge is 0.748 e. The van der Waals surface area contributed by atoms with Crippen LogP contribution in [0.15, 0.2) is 103 Å². The van der Waals surface area contributed by atoms with Crippen LogP contribution in [-0.4, -0.2) is 89.9 Å². The summed E-state index contributed by atoms with van der Waals surface area (Å²) in [5.74, 6) is -2.60. The van der Waals surface area contributed by atoms with Crippen LogP contribution in [0.1, 0.15) is 211 Å². The summed E-state index contributed by atoms with van der Waals surface area (Å²) in [7, 11) is -5.21. The third-order valence-electron chi connectivity index (χ3n) is 20.0. The number of halogens is 3. The normalized spacial score (nSPS) is 23.3. The van der Waals surface area contributed by atoms with Crippen molar-refractivity contribution in [3.8, 4) is 10.6 Å². The van der Waals surface area contributed by atoms with Gasteiger partial charge in [-0.3, -0.25) is 19.2 Å². The number of hydrogen-bond donors (Lipinski definition) is 2. The molecule has 18 heteroatoms. The molecule has 5 saturated carbocycles. The average molecular weight is 1310 g/mol. The number of piperidine rings is 1. The van der Waals surface area contributed by atoms with E-state index in [1.807, 2.05) is 67.5 Å². The van der Waals surface area contributed by atoms with Crippen LogP contribution in [0.25, 0.3) is 25.1 Å². The first-order chi connectivity index (χ1) is 42.5. The molecule has 2 heterocycles. The van der Waals surface area contributed by atoms with Gasteiger partial charge in [0.05, 0.1) is 37.5 Å². The number of carbonyl (C=O) groups excluding carboxylic acids is 4. The summed E-state index contributed by atoms with van der Waals surface area (Å²) in [6, 6.07) is 35.8. The highest BCUT2D eigenvalue weighted by atomic mass is 32.2. The summed E-state index contributed by atoms with van der Waals surface area (Å²) in [5, 5.41) is 15.1. The van der Waals surface area contributed by atoms with E-state index in [0.29, 0.717) is 43.8 Å². The summed E-state index contributed by atoms with van der Waals surface area (Å²) >= 11 is 0. The average Bonchev–Trinajstić information content (AvgIpc) is 1.37. The number of nitrogens with one attached hydrogen (secondary N) is 1. The van der Waals surface area contributed by atoms with Crippen LogP contribution in [0.3, 0.4) is 0 Å². The van der Waals surface area contributed by atoms with E-state index in [1.54, 1.807) is 26.0 Å². The number of ether oxygens (including phenoxy) is 4. The zero-order chi connectivity index (χ0) is 67.4.